The van der Waals surface area contributed by atoms with Crippen LogP contribution in [0.15, 0.2) is 30.3 Å². The molecular weight excluding hydrogens is 321 g/mol. The second kappa shape index (κ2) is 7.98. The lowest BCUT2D eigenvalue weighted by Gasteiger charge is -2.35. The highest BCUT2D eigenvalue weighted by Gasteiger charge is 2.42. The van der Waals surface area contributed by atoms with Gasteiger partial charge in [-0.3, -0.25) is 4.79 Å². The van der Waals surface area contributed by atoms with Gasteiger partial charge in [-0.05, 0) is 32.5 Å². The molecule has 1 amide bonds. The Morgan fingerprint density at radius 2 is 1.83 bits per heavy atom. The number of hydrogen-bond donors (Lipinski definition) is 0. The minimum Gasteiger partial charge on any atom is -0.354 e. The van der Waals surface area contributed by atoms with Crippen LogP contribution in [0.4, 0.5) is 13.2 Å². The fourth-order valence-corrected chi connectivity index (χ4v) is 2.89. The van der Waals surface area contributed by atoms with Crippen molar-refractivity contribution >= 4 is 5.91 Å². The zero-order valence-electron chi connectivity index (χ0n) is 13.9. The molecular formula is C17H23F3N2O2. The maximum atomic E-state index is 13.2. The van der Waals surface area contributed by atoms with Crippen molar-refractivity contribution in [2.45, 2.75) is 31.2 Å². The van der Waals surface area contributed by atoms with Crippen molar-refractivity contribution in [1.29, 1.82) is 0 Å². The van der Waals surface area contributed by atoms with E-state index in [4.69, 9.17) is 4.74 Å². The lowest BCUT2D eigenvalue weighted by molar-refractivity contribution is -0.224. The molecule has 1 aliphatic heterocycles. The first-order valence-electron chi connectivity index (χ1n) is 7.96. The maximum absolute atomic E-state index is 13.2. The summed E-state index contributed by atoms with van der Waals surface area (Å²) in [5.41, 5.74) is 0.00381. The lowest BCUT2D eigenvalue weighted by atomic mass is 10.0. The van der Waals surface area contributed by atoms with Gasteiger partial charge >= 0.3 is 6.18 Å². The quantitative estimate of drug-likeness (QED) is 0.823. The van der Waals surface area contributed by atoms with Gasteiger partial charge in [0.15, 0.2) is 6.10 Å². The maximum Gasteiger partial charge on any atom is 0.418 e. The van der Waals surface area contributed by atoms with Crippen LogP contribution in [-0.2, 0) is 9.53 Å². The zero-order valence-corrected chi connectivity index (χ0v) is 13.9. The number of benzene rings is 1. The number of carbonyl (C=O) groups is 1. The first-order valence-corrected chi connectivity index (χ1v) is 7.96. The van der Waals surface area contributed by atoms with Gasteiger partial charge in [0.2, 0.25) is 5.91 Å². The van der Waals surface area contributed by atoms with Gasteiger partial charge in [0.05, 0.1) is 0 Å². The van der Waals surface area contributed by atoms with Gasteiger partial charge in [0.25, 0.3) is 0 Å². The number of likely N-dealkylation sites (tertiary alicyclic amines) is 1. The standard InChI is InChI=1S/C17H23F3N2O2/c1-21(2)14-8-10-22(11-9-14)15(23)12-24-16(17(18,19)20)13-6-4-3-5-7-13/h3-7,14,16H,8-12H2,1-2H3/t16-/m1/s1. The third-order valence-corrected chi connectivity index (χ3v) is 4.32. The summed E-state index contributed by atoms with van der Waals surface area (Å²) in [5.74, 6) is -0.391. The van der Waals surface area contributed by atoms with E-state index in [9.17, 15) is 18.0 Å². The average molecular weight is 344 g/mol. The summed E-state index contributed by atoms with van der Waals surface area (Å²) in [6, 6.07) is 7.78. The van der Waals surface area contributed by atoms with Crippen LogP contribution < -0.4 is 0 Å². The molecule has 1 atom stereocenters. The summed E-state index contributed by atoms with van der Waals surface area (Å²) >= 11 is 0. The van der Waals surface area contributed by atoms with Crippen LogP contribution in [0.25, 0.3) is 0 Å². The topological polar surface area (TPSA) is 32.8 Å². The van der Waals surface area contributed by atoms with Crippen molar-refractivity contribution in [2.24, 2.45) is 0 Å². The fourth-order valence-electron chi connectivity index (χ4n) is 2.89. The van der Waals surface area contributed by atoms with Gasteiger partial charge in [0, 0.05) is 19.1 Å². The molecule has 0 radical (unpaired) electrons. The molecule has 1 fully saturated rings. The molecule has 1 aromatic rings. The van der Waals surface area contributed by atoms with E-state index in [2.05, 4.69) is 4.90 Å². The number of carbonyl (C=O) groups excluding carboxylic acids is 1. The van der Waals surface area contributed by atoms with Gasteiger partial charge in [-0.15, -0.1) is 0 Å². The summed E-state index contributed by atoms with van der Waals surface area (Å²) in [6.07, 6.45) is -5.00. The van der Waals surface area contributed by atoms with Crippen molar-refractivity contribution in [1.82, 2.24) is 9.80 Å². The van der Waals surface area contributed by atoms with Crippen molar-refractivity contribution < 1.29 is 22.7 Å². The highest BCUT2D eigenvalue weighted by atomic mass is 19.4. The van der Waals surface area contributed by atoms with Crippen molar-refractivity contribution in [3.05, 3.63) is 35.9 Å². The lowest BCUT2D eigenvalue weighted by Crippen LogP contribution is -2.46. The first-order chi connectivity index (χ1) is 11.3. The molecule has 0 bridgehead atoms. The summed E-state index contributed by atoms with van der Waals surface area (Å²) in [5, 5.41) is 0. The third-order valence-electron chi connectivity index (χ3n) is 4.32. The Morgan fingerprint density at radius 3 is 2.33 bits per heavy atom. The molecule has 1 aliphatic rings. The van der Waals surface area contributed by atoms with Crippen LogP contribution in [0, 0.1) is 0 Å². The van der Waals surface area contributed by atoms with E-state index in [0.29, 0.717) is 19.1 Å². The molecule has 7 heteroatoms. The summed E-state index contributed by atoms with van der Waals surface area (Å²) < 4.78 is 44.5. The van der Waals surface area contributed by atoms with Crippen molar-refractivity contribution in [3.63, 3.8) is 0 Å². The van der Waals surface area contributed by atoms with Gasteiger partial charge in [-0.25, -0.2) is 0 Å². The molecule has 134 valence electrons. The van der Waals surface area contributed by atoms with Crippen LogP contribution in [0.5, 0.6) is 0 Å². The SMILES string of the molecule is CN(C)C1CCN(C(=O)CO[C@H](c2ccccc2)C(F)(F)F)CC1. The Balaban J connectivity index is 1.92. The Bertz CT molecular complexity index is 526. The van der Waals surface area contributed by atoms with E-state index in [1.54, 1.807) is 11.0 Å². The molecule has 4 nitrogen and oxygen atoms in total. The van der Waals surface area contributed by atoms with Crippen LogP contribution in [-0.4, -0.2) is 61.7 Å². The Kier molecular flexibility index (Phi) is 6.23. The highest BCUT2D eigenvalue weighted by molar-refractivity contribution is 5.77. The van der Waals surface area contributed by atoms with Gasteiger partial charge in [-0.2, -0.15) is 13.2 Å². The summed E-state index contributed by atoms with van der Waals surface area (Å²) in [7, 11) is 3.97. The van der Waals surface area contributed by atoms with E-state index in [1.165, 1.54) is 24.3 Å². The predicted octanol–water partition coefficient (Wildman–Crippen LogP) is 2.86. The molecule has 0 spiro atoms. The van der Waals surface area contributed by atoms with Crippen molar-refractivity contribution in [2.75, 3.05) is 33.8 Å². The van der Waals surface area contributed by atoms with Crippen LogP contribution in [0.3, 0.4) is 0 Å². The number of ether oxygens (including phenoxy) is 1. The van der Waals surface area contributed by atoms with Gasteiger partial charge in [-0.1, -0.05) is 30.3 Å². The number of rotatable bonds is 5. The average Bonchev–Trinajstić information content (AvgIpc) is 2.54. The number of piperidine rings is 1. The van der Waals surface area contributed by atoms with Crippen molar-refractivity contribution in [3.8, 4) is 0 Å². The van der Waals surface area contributed by atoms with E-state index < -0.39 is 24.8 Å². The molecule has 0 aliphatic carbocycles. The molecule has 1 aromatic carbocycles. The summed E-state index contributed by atoms with van der Waals surface area (Å²) in [4.78, 5) is 15.8. The van der Waals surface area contributed by atoms with Gasteiger partial charge < -0.3 is 14.5 Å². The van der Waals surface area contributed by atoms with E-state index in [1.807, 2.05) is 14.1 Å². The monoisotopic (exact) mass is 344 g/mol. The first kappa shape index (κ1) is 18.7. The molecule has 1 heterocycles. The van der Waals surface area contributed by atoms with Gasteiger partial charge in [0.1, 0.15) is 6.61 Å². The number of amides is 1. The highest BCUT2D eigenvalue weighted by Crippen LogP contribution is 2.35. The second-order valence-electron chi connectivity index (χ2n) is 6.22. The normalized spacial score (nSPS) is 18.0. The largest absolute Gasteiger partial charge is 0.418 e. The Morgan fingerprint density at radius 1 is 1.25 bits per heavy atom. The third kappa shape index (κ3) is 4.95. The minimum atomic E-state index is -4.56. The zero-order chi connectivity index (χ0) is 17.7. The summed E-state index contributed by atoms with van der Waals surface area (Å²) in [6.45, 7) is 0.534. The number of nitrogens with zero attached hydrogens (tertiary/aromatic N) is 2. The van der Waals surface area contributed by atoms with Crippen LogP contribution >= 0.6 is 0 Å². The second-order valence-corrected chi connectivity index (χ2v) is 6.22. The van der Waals surface area contributed by atoms with Crippen LogP contribution in [0.2, 0.25) is 0 Å². The predicted molar refractivity (Wildman–Crippen MR) is 84.5 cm³/mol. The molecule has 2 rings (SSSR count). The molecule has 0 N–H and O–H groups in total. The molecule has 0 aromatic heterocycles. The Labute approximate surface area is 140 Å². The van der Waals surface area contributed by atoms with E-state index in [0.717, 1.165) is 12.8 Å². The molecule has 1 saturated heterocycles. The number of halogens is 3. The smallest absolute Gasteiger partial charge is 0.354 e. The van der Waals surface area contributed by atoms with Crippen LogP contribution in [0.1, 0.15) is 24.5 Å². The molecule has 24 heavy (non-hydrogen) atoms. The minimum absolute atomic E-state index is 0.00381. The Hall–Kier alpha value is -1.60. The fraction of sp³-hybridized carbons (Fsp3) is 0.588. The molecule has 0 saturated carbocycles. The molecule has 0 unspecified atom stereocenters. The number of alkyl halides is 3. The number of hydrogen-bond acceptors (Lipinski definition) is 3. The van der Waals surface area contributed by atoms with E-state index in [-0.39, 0.29) is 5.56 Å². The van der Waals surface area contributed by atoms with E-state index >= 15 is 0 Å².